The second-order valence-corrected chi connectivity index (χ2v) is 7.60. The van der Waals surface area contributed by atoms with Gasteiger partial charge in [-0.1, -0.05) is 60.7 Å². The number of hydrogen-bond donors (Lipinski definition) is 0. The topological polar surface area (TPSA) is 42.2 Å². The third kappa shape index (κ3) is 3.10. The standard InChI is InChI=1S/C28H19N3O/c1-3-12-22(13-4-1)31(23-14-5-2-6-15-23)28-25-19-21-11-8-7-10-20(21)18-24(25)27(29-30-28)26-16-9-17-32-26/h1-19H. The molecule has 0 unspecified atom stereocenters. The van der Waals surface area contributed by atoms with E-state index in [0.717, 1.165) is 44.4 Å². The van der Waals surface area contributed by atoms with Crippen LogP contribution >= 0.6 is 0 Å². The molecule has 0 aliphatic rings. The van der Waals surface area contributed by atoms with Crippen molar-refractivity contribution in [1.29, 1.82) is 0 Å². The second kappa shape index (κ2) is 7.67. The van der Waals surface area contributed by atoms with Gasteiger partial charge in [0.15, 0.2) is 11.6 Å². The van der Waals surface area contributed by atoms with Gasteiger partial charge in [0, 0.05) is 22.1 Å². The van der Waals surface area contributed by atoms with E-state index in [1.165, 1.54) is 0 Å². The van der Waals surface area contributed by atoms with Gasteiger partial charge in [0.2, 0.25) is 0 Å². The van der Waals surface area contributed by atoms with E-state index in [9.17, 15) is 0 Å². The number of hydrogen-bond acceptors (Lipinski definition) is 4. The Morgan fingerprint density at radius 1 is 0.562 bits per heavy atom. The second-order valence-electron chi connectivity index (χ2n) is 7.60. The molecule has 0 aliphatic heterocycles. The zero-order chi connectivity index (χ0) is 21.3. The van der Waals surface area contributed by atoms with Gasteiger partial charge < -0.3 is 4.42 Å². The summed E-state index contributed by atoms with van der Waals surface area (Å²) in [6.07, 6.45) is 1.66. The summed E-state index contributed by atoms with van der Waals surface area (Å²) in [4.78, 5) is 2.15. The Hall–Kier alpha value is -4.44. The fourth-order valence-corrected chi connectivity index (χ4v) is 4.13. The maximum Gasteiger partial charge on any atom is 0.168 e. The van der Waals surface area contributed by atoms with Gasteiger partial charge in [-0.25, -0.2) is 0 Å². The van der Waals surface area contributed by atoms with Crippen LogP contribution in [0.3, 0.4) is 0 Å². The number of rotatable bonds is 4. The van der Waals surface area contributed by atoms with Crippen LogP contribution in [-0.2, 0) is 0 Å². The first-order valence-electron chi connectivity index (χ1n) is 10.5. The molecule has 0 N–H and O–H groups in total. The highest BCUT2D eigenvalue weighted by atomic mass is 16.3. The molecule has 0 atom stereocenters. The Bertz CT molecular complexity index is 1470. The van der Waals surface area contributed by atoms with Crippen LogP contribution in [0.25, 0.3) is 33.0 Å². The van der Waals surface area contributed by atoms with Crippen LogP contribution in [0.15, 0.2) is 120 Å². The fraction of sp³-hybridized carbons (Fsp3) is 0. The van der Waals surface area contributed by atoms with E-state index in [0.29, 0.717) is 5.76 Å². The highest BCUT2D eigenvalue weighted by molar-refractivity contribution is 6.08. The lowest BCUT2D eigenvalue weighted by atomic mass is 10.0. The minimum Gasteiger partial charge on any atom is -0.463 e. The molecule has 6 aromatic rings. The minimum absolute atomic E-state index is 0.704. The Morgan fingerprint density at radius 2 is 1.16 bits per heavy atom. The molecule has 0 fully saturated rings. The van der Waals surface area contributed by atoms with Crippen LogP contribution in [0, 0.1) is 0 Å². The number of nitrogens with zero attached hydrogens (tertiary/aromatic N) is 3. The molecule has 0 radical (unpaired) electrons. The van der Waals surface area contributed by atoms with Crippen LogP contribution in [0.5, 0.6) is 0 Å². The first kappa shape index (κ1) is 18.3. The van der Waals surface area contributed by atoms with Crippen molar-refractivity contribution in [2.45, 2.75) is 0 Å². The molecule has 0 amide bonds. The zero-order valence-electron chi connectivity index (χ0n) is 17.2. The number of anilines is 3. The van der Waals surface area contributed by atoms with Gasteiger partial charge in [-0.3, -0.25) is 4.90 Å². The van der Waals surface area contributed by atoms with E-state index in [1.54, 1.807) is 6.26 Å². The molecular formula is C28H19N3O. The third-order valence-electron chi connectivity index (χ3n) is 5.62. The predicted octanol–water partition coefficient (Wildman–Crippen LogP) is 7.51. The van der Waals surface area contributed by atoms with Crippen molar-refractivity contribution >= 4 is 38.7 Å². The lowest BCUT2D eigenvalue weighted by Crippen LogP contribution is -2.13. The first-order valence-corrected chi connectivity index (χ1v) is 10.5. The smallest absolute Gasteiger partial charge is 0.168 e. The van der Waals surface area contributed by atoms with Crippen molar-refractivity contribution in [1.82, 2.24) is 10.2 Å². The molecule has 6 rings (SSSR count). The lowest BCUT2D eigenvalue weighted by molar-refractivity contribution is 0.579. The summed E-state index contributed by atoms with van der Waals surface area (Å²) in [6, 6.07) is 37.0. The van der Waals surface area contributed by atoms with E-state index in [2.05, 4.69) is 70.7 Å². The maximum atomic E-state index is 5.69. The van der Waals surface area contributed by atoms with Crippen LogP contribution in [0.1, 0.15) is 0 Å². The molecule has 32 heavy (non-hydrogen) atoms. The Kier molecular flexibility index (Phi) is 4.40. The first-order chi connectivity index (χ1) is 15.9. The normalized spacial score (nSPS) is 11.1. The van der Waals surface area contributed by atoms with Crippen molar-refractivity contribution in [3.05, 3.63) is 115 Å². The molecule has 0 bridgehead atoms. The number of fused-ring (bicyclic) bond motifs is 2. The molecule has 4 nitrogen and oxygen atoms in total. The van der Waals surface area contributed by atoms with Gasteiger partial charge in [0.25, 0.3) is 0 Å². The minimum atomic E-state index is 0.704. The quantitative estimate of drug-likeness (QED) is 0.280. The van der Waals surface area contributed by atoms with Crippen LogP contribution in [0.2, 0.25) is 0 Å². The molecule has 4 aromatic carbocycles. The molecule has 0 spiro atoms. The SMILES string of the molecule is c1ccc(N(c2ccccc2)c2nnc(-c3ccco3)c3cc4ccccc4cc23)cc1. The Balaban J connectivity index is 1.70. The summed E-state index contributed by atoms with van der Waals surface area (Å²) in [5, 5.41) is 13.7. The average molecular weight is 413 g/mol. The summed E-state index contributed by atoms with van der Waals surface area (Å²) in [6.45, 7) is 0. The van der Waals surface area contributed by atoms with Crippen molar-refractivity contribution in [3.63, 3.8) is 0 Å². The van der Waals surface area contributed by atoms with Crippen LogP contribution in [-0.4, -0.2) is 10.2 Å². The van der Waals surface area contributed by atoms with E-state index in [1.807, 2.05) is 48.5 Å². The number of aromatic nitrogens is 2. The van der Waals surface area contributed by atoms with E-state index in [4.69, 9.17) is 9.52 Å². The van der Waals surface area contributed by atoms with Gasteiger partial charge in [-0.2, -0.15) is 0 Å². The Labute approximate surface area is 185 Å². The Morgan fingerprint density at radius 3 is 1.75 bits per heavy atom. The third-order valence-corrected chi connectivity index (χ3v) is 5.62. The van der Waals surface area contributed by atoms with Crippen LogP contribution in [0.4, 0.5) is 17.2 Å². The molecule has 0 saturated heterocycles. The molecule has 4 heteroatoms. The van der Waals surface area contributed by atoms with Crippen molar-refractivity contribution in [2.75, 3.05) is 4.90 Å². The number of furan rings is 1. The molecule has 0 aliphatic carbocycles. The van der Waals surface area contributed by atoms with Crippen molar-refractivity contribution in [2.24, 2.45) is 0 Å². The molecule has 0 saturated carbocycles. The number of benzene rings is 4. The van der Waals surface area contributed by atoms with E-state index >= 15 is 0 Å². The van der Waals surface area contributed by atoms with Crippen molar-refractivity contribution in [3.8, 4) is 11.5 Å². The summed E-state index contributed by atoms with van der Waals surface area (Å²) < 4.78 is 5.69. The van der Waals surface area contributed by atoms with E-state index in [-0.39, 0.29) is 0 Å². The lowest BCUT2D eigenvalue weighted by Gasteiger charge is -2.25. The summed E-state index contributed by atoms with van der Waals surface area (Å²) in [5.74, 6) is 1.48. The maximum absolute atomic E-state index is 5.69. The van der Waals surface area contributed by atoms with Gasteiger partial charge in [0.1, 0.15) is 5.69 Å². The highest BCUT2D eigenvalue weighted by Crippen LogP contribution is 2.40. The van der Waals surface area contributed by atoms with E-state index < -0.39 is 0 Å². The monoisotopic (exact) mass is 413 g/mol. The highest BCUT2D eigenvalue weighted by Gasteiger charge is 2.20. The number of para-hydroxylation sites is 2. The summed E-state index contributed by atoms with van der Waals surface area (Å²) in [7, 11) is 0. The summed E-state index contributed by atoms with van der Waals surface area (Å²) in [5.41, 5.74) is 2.78. The van der Waals surface area contributed by atoms with Gasteiger partial charge in [0.05, 0.1) is 6.26 Å². The summed E-state index contributed by atoms with van der Waals surface area (Å²) >= 11 is 0. The van der Waals surface area contributed by atoms with Crippen LogP contribution < -0.4 is 4.90 Å². The van der Waals surface area contributed by atoms with Gasteiger partial charge >= 0.3 is 0 Å². The van der Waals surface area contributed by atoms with Crippen molar-refractivity contribution < 1.29 is 4.42 Å². The fourth-order valence-electron chi connectivity index (χ4n) is 4.13. The predicted molar refractivity (Wildman–Crippen MR) is 129 cm³/mol. The molecule has 2 aromatic heterocycles. The molecule has 2 heterocycles. The average Bonchev–Trinajstić information content (AvgIpc) is 3.39. The molecular weight excluding hydrogens is 394 g/mol. The van der Waals surface area contributed by atoms with Gasteiger partial charge in [-0.15, -0.1) is 10.2 Å². The molecule has 152 valence electrons. The van der Waals surface area contributed by atoms with Gasteiger partial charge in [-0.05, 0) is 59.3 Å². The zero-order valence-corrected chi connectivity index (χ0v) is 17.2. The largest absolute Gasteiger partial charge is 0.463 e.